The molecule has 1 aliphatic carbocycles. The molecule has 0 spiro atoms. The van der Waals surface area contributed by atoms with E-state index >= 15 is 0 Å². The maximum absolute atomic E-state index is 12.8. The number of H-pyrrole nitrogens is 1. The Labute approximate surface area is 131 Å². The Kier molecular flexibility index (Phi) is 4.56. The van der Waals surface area contributed by atoms with Crippen LogP contribution in [0.15, 0.2) is 30.5 Å². The van der Waals surface area contributed by atoms with Crippen LogP contribution in [0.3, 0.4) is 0 Å². The highest BCUT2D eigenvalue weighted by atomic mass is 19.4. The number of halogens is 3. The van der Waals surface area contributed by atoms with Crippen molar-refractivity contribution < 1.29 is 22.6 Å². The highest BCUT2D eigenvalue weighted by molar-refractivity contribution is 5.35. The minimum Gasteiger partial charge on any atom is -0.491 e. The molecule has 1 heterocycles. The van der Waals surface area contributed by atoms with E-state index in [1.807, 2.05) is 6.20 Å². The zero-order valence-corrected chi connectivity index (χ0v) is 12.4. The Morgan fingerprint density at radius 3 is 2.87 bits per heavy atom. The largest absolute Gasteiger partial charge is 0.491 e. The Morgan fingerprint density at radius 1 is 1.22 bits per heavy atom. The zero-order valence-electron chi connectivity index (χ0n) is 12.4. The number of aromatic nitrogens is 2. The second-order valence-electron chi connectivity index (χ2n) is 5.45. The van der Waals surface area contributed by atoms with Crippen LogP contribution < -0.4 is 4.74 Å². The first-order chi connectivity index (χ1) is 11.0. The number of fused-ring (bicyclic) bond motifs is 1. The van der Waals surface area contributed by atoms with Crippen LogP contribution in [-0.2, 0) is 23.8 Å². The summed E-state index contributed by atoms with van der Waals surface area (Å²) >= 11 is 0. The van der Waals surface area contributed by atoms with Gasteiger partial charge >= 0.3 is 6.18 Å². The van der Waals surface area contributed by atoms with Crippen molar-refractivity contribution in [3.63, 3.8) is 0 Å². The molecule has 1 unspecified atom stereocenters. The average molecular weight is 326 g/mol. The van der Waals surface area contributed by atoms with Gasteiger partial charge in [-0.1, -0.05) is 12.1 Å². The van der Waals surface area contributed by atoms with Crippen LogP contribution in [0.1, 0.15) is 23.2 Å². The first-order valence-corrected chi connectivity index (χ1v) is 7.46. The summed E-state index contributed by atoms with van der Waals surface area (Å²) in [7, 11) is 0. The van der Waals surface area contributed by atoms with Crippen molar-refractivity contribution in [1.82, 2.24) is 10.2 Å². The SMILES string of the molecule is FC(F)(F)c1ccccc1OCCOC1CCc2cn[nH]c2C1. The first-order valence-electron chi connectivity index (χ1n) is 7.46. The van der Waals surface area contributed by atoms with Crippen molar-refractivity contribution in [1.29, 1.82) is 0 Å². The van der Waals surface area contributed by atoms with Gasteiger partial charge in [0.05, 0.1) is 24.5 Å². The van der Waals surface area contributed by atoms with Crippen LogP contribution in [0, 0.1) is 0 Å². The minimum atomic E-state index is -4.42. The van der Waals surface area contributed by atoms with E-state index in [-0.39, 0.29) is 25.1 Å². The number of ether oxygens (including phenoxy) is 2. The Morgan fingerprint density at radius 2 is 2.04 bits per heavy atom. The number of aromatic amines is 1. The highest BCUT2D eigenvalue weighted by Crippen LogP contribution is 2.35. The quantitative estimate of drug-likeness (QED) is 0.857. The predicted molar refractivity (Wildman–Crippen MR) is 77.3 cm³/mol. The number of para-hydroxylation sites is 1. The summed E-state index contributed by atoms with van der Waals surface area (Å²) < 4.78 is 49.5. The molecule has 2 aromatic rings. The number of nitrogens with one attached hydrogen (secondary N) is 1. The predicted octanol–water partition coefficient (Wildman–Crippen LogP) is 3.38. The lowest BCUT2D eigenvalue weighted by Crippen LogP contribution is -2.24. The number of alkyl halides is 3. The molecule has 7 heteroatoms. The number of benzene rings is 1. The molecule has 0 fully saturated rings. The van der Waals surface area contributed by atoms with Gasteiger partial charge in [-0.15, -0.1) is 0 Å². The van der Waals surface area contributed by atoms with E-state index in [2.05, 4.69) is 10.2 Å². The second-order valence-corrected chi connectivity index (χ2v) is 5.45. The van der Waals surface area contributed by atoms with Crippen LogP contribution in [-0.4, -0.2) is 29.5 Å². The van der Waals surface area contributed by atoms with Crippen molar-refractivity contribution >= 4 is 0 Å². The summed E-state index contributed by atoms with van der Waals surface area (Å²) in [6.07, 6.45) is -0.0287. The molecule has 4 nitrogen and oxygen atoms in total. The van der Waals surface area contributed by atoms with Gasteiger partial charge in [-0.25, -0.2) is 0 Å². The third-order valence-corrected chi connectivity index (χ3v) is 3.86. The van der Waals surface area contributed by atoms with Gasteiger partial charge in [0, 0.05) is 12.1 Å². The summed E-state index contributed by atoms with van der Waals surface area (Å²) in [4.78, 5) is 0. The lowest BCUT2D eigenvalue weighted by atomic mass is 9.96. The molecule has 1 aliphatic rings. The van der Waals surface area contributed by atoms with E-state index in [1.165, 1.54) is 23.8 Å². The van der Waals surface area contributed by atoms with Crippen molar-refractivity contribution in [3.05, 3.63) is 47.3 Å². The van der Waals surface area contributed by atoms with Gasteiger partial charge in [0.1, 0.15) is 12.4 Å². The monoisotopic (exact) mass is 326 g/mol. The first kappa shape index (κ1) is 15.9. The molecule has 1 N–H and O–H groups in total. The molecule has 0 saturated heterocycles. The third kappa shape index (κ3) is 3.85. The Balaban J connectivity index is 1.48. The van der Waals surface area contributed by atoms with E-state index in [0.29, 0.717) is 0 Å². The fraction of sp³-hybridized carbons (Fsp3) is 0.438. The van der Waals surface area contributed by atoms with Crippen molar-refractivity contribution in [2.75, 3.05) is 13.2 Å². The van der Waals surface area contributed by atoms with Crippen LogP contribution >= 0.6 is 0 Å². The molecule has 0 bridgehead atoms. The molecule has 1 aromatic carbocycles. The van der Waals surface area contributed by atoms with Gasteiger partial charge in [0.2, 0.25) is 0 Å². The van der Waals surface area contributed by atoms with Gasteiger partial charge in [-0.2, -0.15) is 18.3 Å². The van der Waals surface area contributed by atoms with Gasteiger partial charge < -0.3 is 9.47 Å². The average Bonchev–Trinajstić information content (AvgIpc) is 2.98. The van der Waals surface area contributed by atoms with Crippen LogP contribution in [0.25, 0.3) is 0 Å². The normalized spacial score (nSPS) is 17.8. The molecule has 3 rings (SSSR count). The van der Waals surface area contributed by atoms with E-state index in [9.17, 15) is 13.2 Å². The molecule has 124 valence electrons. The molecule has 0 amide bonds. The molecular weight excluding hydrogens is 309 g/mol. The van der Waals surface area contributed by atoms with Crippen LogP contribution in [0.2, 0.25) is 0 Å². The highest BCUT2D eigenvalue weighted by Gasteiger charge is 2.34. The maximum Gasteiger partial charge on any atom is 0.419 e. The van der Waals surface area contributed by atoms with Crippen molar-refractivity contribution in [3.8, 4) is 5.75 Å². The molecule has 0 radical (unpaired) electrons. The van der Waals surface area contributed by atoms with Crippen LogP contribution in [0.4, 0.5) is 13.2 Å². The van der Waals surface area contributed by atoms with E-state index in [0.717, 1.165) is 31.0 Å². The third-order valence-electron chi connectivity index (χ3n) is 3.86. The summed E-state index contributed by atoms with van der Waals surface area (Å²) in [5.41, 5.74) is 1.52. The maximum atomic E-state index is 12.8. The van der Waals surface area contributed by atoms with Crippen LogP contribution in [0.5, 0.6) is 5.75 Å². The number of aryl methyl sites for hydroxylation is 1. The fourth-order valence-electron chi connectivity index (χ4n) is 2.71. The lowest BCUT2D eigenvalue weighted by molar-refractivity contribution is -0.139. The molecule has 23 heavy (non-hydrogen) atoms. The molecule has 0 saturated carbocycles. The smallest absolute Gasteiger partial charge is 0.419 e. The number of rotatable bonds is 5. The van der Waals surface area contributed by atoms with E-state index in [1.54, 1.807) is 0 Å². The topological polar surface area (TPSA) is 47.1 Å². The standard InChI is InChI=1S/C16H17F3N2O2/c17-16(18,19)13-3-1-2-4-15(13)23-8-7-22-12-6-5-11-10-20-21-14(11)9-12/h1-4,10,12H,5-9H2,(H,20,21). The molecule has 1 aromatic heterocycles. The van der Waals surface area contributed by atoms with Gasteiger partial charge in [0.25, 0.3) is 0 Å². The number of hydrogen-bond acceptors (Lipinski definition) is 3. The summed E-state index contributed by atoms with van der Waals surface area (Å²) in [5.74, 6) is -0.164. The minimum absolute atomic E-state index is 0.0457. The van der Waals surface area contributed by atoms with E-state index < -0.39 is 11.7 Å². The van der Waals surface area contributed by atoms with Gasteiger partial charge in [-0.05, 0) is 30.5 Å². The Bertz CT molecular complexity index is 655. The summed E-state index contributed by atoms with van der Waals surface area (Å²) in [6, 6.07) is 5.19. The van der Waals surface area contributed by atoms with Crippen molar-refractivity contribution in [2.24, 2.45) is 0 Å². The van der Waals surface area contributed by atoms with Crippen molar-refractivity contribution in [2.45, 2.75) is 31.5 Å². The fourth-order valence-corrected chi connectivity index (χ4v) is 2.71. The van der Waals surface area contributed by atoms with Gasteiger partial charge in [-0.3, -0.25) is 5.10 Å². The zero-order chi connectivity index (χ0) is 16.3. The second kappa shape index (κ2) is 6.62. The Hall–Kier alpha value is -2.02. The van der Waals surface area contributed by atoms with E-state index in [4.69, 9.17) is 9.47 Å². The van der Waals surface area contributed by atoms with Gasteiger partial charge in [0.15, 0.2) is 0 Å². The summed E-state index contributed by atoms with van der Waals surface area (Å²) in [6.45, 7) is 0.333. The molecular formula is C16H17F3N2O2. The molecule has 1 atom stereocenters. The summed E-state index contributed by atoms with van der Waals surface area (Å²) in [5, 5.41) is 6.94. The molecule has 0 aliphatic heterocycles. The number of nitrogens with zero attached hydrogens (tertiary/aromatic N) is 1. The lowest BCUT2D eigenvalue weighted by Gasteiger charge is -2.22. The number of hydrogen-bond donors (Lipinski definition) is 1.